The van der Waals surface area contributed by atoms with Crippen LogP contribution in [0.25, 0.3) is 5.69 Å². The lowest BCUT2D eigenvalue weighted by atomic mass is 10.2. The SMILES string of the molecule is CCCNCc1ccc(-n2cc(C(F)(F)F)cn2)cc1. The van der Waals surface area contributed by atoms with E-state index in [4.69, 9.17) is 0 Å². The number of nitrogens with one attached hydrogen (secondary N) is 1. The predicted octanol–water partition coefficient (Wildman–Crippen LogP) is 3.39. The lowest BCUT2D eigenvalue weighted by molar-refractivity contribution is -0.137. The van der Waals surface area contributed by atoms with Gasteiger partial charge in [-0.05, 0) is 30.7 Å². The average Bonchev–Trinajstić information content (AvgIpc) is 2.89. The molecule has 0 fully saturated rings. The summed E-state index contributed by atoms with van der Waals surface area (Å²) in [5, 5.41) is 7.00. The Morgan fingerprint density at radius 3 is 2.45 bits per heavy atom. The van der Waals surface area contributed by atoms with E-state index in [0.29, 0.717) is 5.69 Å². The molecule has 1 aromatic carbocycles. The van der Waals surface area contributed by atoms with Crippen molar-refractivity contribution in [1.29, 1.82) is 0 Å². The van der Waals surface area contributed by atoms with Gasteiger partial charge in [0.1, 0.15) is 0 Å². The van der Waals surface area contributed by atoms with Gasteiger partial charge in [-0.1, -0.05) is 19.1 Å². The van der Waals surface area contributed by atoms with E-state index >= 15 is 0 Å². The minimum absolute atomic E-state index is 0.611. The summed E-state index contributed by atoms with van der Waals surface area (Å²) in [6.45, 7) is 3.78. The highest BCUT2D eigenvalue weighted by Crippen LogP contribution is 2.29. The summed E-state index contributed by atoms with van der Waals surface area (Å²) in [4.78, 5) is 0. The Kier molecular flexibility index (Phi) is 4.44. The van der Waals surface area contributed by atoms with Crippen LogP contribution in [0.4, 0.5) is 13.2 Å². The predicted molar refractivity (Wildman–Crippen MR) is 70.6 cm³/mol. The zero-order valence-corrected chi connectivity index (χ0v) is 11.1. The number of benzene rings is 1. The number of nitrogens with zero attached hydrogens (tertiary/aromatic N) is 2. The van der Waals surface area contributed by atoms with Gasteiger partial charge in [0.15, 0.2) is 0 Å². The normalized spacial score (nSPS) is 11.8. The molecule has 2 aromatic rings. The maximum Gasteiger partial charge on any atom is 0.419 e. The van der Waals surface area contributed by atoms with Crippen LogP contribution >= 0.6 is 0 Å². The molecule has 0 amide bonds. The molecule has 0 aliphatic rings. The van der Waals surface area contributed by atoms with Gasteiger partial charge >= 0.3 is 6.18 Å². The largest absolute Gasteiger partial charge is 0.419 e. The van der Waals surface area contributed by atoms with Crippen LogP contribution < -0.4 is 5.32 Å². The molecule has 0 unspecified atom stereocenters. The summed E-state index contributed by atoms with van der Waals surface area (Å²) in [5.74, 6) is 0. The van der Waals surface area contributed by atoms with Gasteiger partial charge in [-0.3, -0.25) is 0 Å². The molecule has 0 aliphatic heterocycles. The minimum atomic E-state index is -4.36. The molecule has 1 N–H and O–H groups in total. The number of rotatable bonds is 5. The summed E-state index contributed by atoms with van der Waals surface area (Å²) >= 11 is 0. The first-order valence-electron chi connectivity index (χ1n) is 6.42. The highest BCUT2D eigenvalue weighted by molar-refractivity contribution is 5.34. The van der Waals surface area contributed by atoms with Crippen molar-refractivity contribution >= 4 is 0 Å². The Hall–Kier alpha value is -1.82. The van der Waals surface area contributed by atoms with Crippen molar-refractivity contribution in [2.45, 2.75) is 26.1 Å². The molecule has 0 spiro atoms. The van der Waals surface area contributed by atoms with Gasteiger partial charge in [0, 0.05) is 12.7 Å². The Morgan fingerprint density at radius 2 is 1.90 bits per heavy atom. The number of hydrogen-bond donors (Lipinski definition) is 1. The molecule has 0 radical (unpaired) electrons. The van der Waals surface area contributed by atoms with Crippen molar-refractivity contribution in [3.63, 3.8) is 0 Å². The topological polar surface area (TPSA) is 29.9 Å². The third-order valence-corrected chi connectivity index (χ3v) is 2.87. The van der Waals surface area contributed by atoms with Crippen molar-refractivity contribution in [2.75, 3.05) is 6.54 Å². The first kappa shape index (κ1) is 14.6. The van der Waals surface area contributed by atoms with Gasteiger partial charge in [-0.25, -0.2) is 4.68 Å². The zero-order valence-electron chi connectivity index (χ0n) is 11.1. The van der Waals surface area contributed by atoms with E-state index in [1.54, 1.807) is 12.1 Å². The fourth-order valence-corrected chi connectivity index (χ4v) is 1.79. The first-order valence-corrected chi connectivity index (χ1v) is 6.42. The molecule has 6 heteroatoms. The molecule has 0 bridgehead atoms. The molecular weight excluding hydrogens is 267 g/mol. The van der Waals surface area contributed by atoms with E-state index in [1.165, 1.54) is 4.68 Å². The van der Waals surface area contributed by atoms with Crippen molar-refractivity contribution in [1.82, 2.24) is 15.1 Å². The first-order chi connectivity index (χ1) is 9.50. The number of alkyl halides is 3. The highest BCUT2D eigenvalue weighted by Gasteiger charge is 2.32. The molecule has 0 saturated heterocycles. The lowest BCUT2D eigenvalue weighted by Crippen LogP contribution is -2.13. The number of halogens is 3. The highest BCUT2D eigenvalue weighted by atomic mass is 19.4. The molecule has 108 valence electrons. The van der Waals surface area contributed by atoms with E-state index in [2.05, 4.69) is 17.3 Å². The van der Waals surface area contributed by atoms with Crippen LogP contribution in [0, 0.1) is 0 Å². The molecule has 1 aromatic heterocycles. The van der Waals surface area contributed by atoms with E-state index < -0.39 is 11.7 Å². The Morgan fingerprint density at radius 1 is 1.20 bits per heavy atom. The molecule has 0 saturated carbocycles. The van der Waals surface area contributed by atoms with Crippen LogP contribution in [0.2, 0.25) is 0 Å². The summed E-state index contributed by atoms with van der Waals surface area (Å²) in [7, 11) is 0. The van der Waals surface area contributed by atoms with Crippen molar-refractivity contribution in [2.24, 2.45) is 0 Å². The zero-order chi connectivity index (χ0) is 14.6. The molecule has 3 nitrogen and oxygen atoms in total. The summed E-state index contributed by atoms with van der Waals surface area (Å²) in [5.41, 5.74) is 0.955. The van der Waals surface area contributed by atoms with Crippen LogP contribution in [-0.2, 0) is 12.7 Å². The minimum Gasteiger partial charge on any atom is -0.313 e. The second kappa shape index (κ2) is 6.09. The summed E-state index contributed by atoms with van der Waals surface area (Å²) in [6, 6.07) is 7.28. The van der Waals surface area contributed by atoms with Gasteiger partial charge < -0.3 is 5.32 Å². The molecule has 20 heavy (non-hydrogen) atoms. The monoisotopic (exact) mass is 283 g/mol. The Balaban J connectivity index is 2.08. The van der Waals surface area contributed by atoms with Crippen LogP contribution in [0.5, 0.6) is 0 Å². The Bertz CT molecular complexity index is 544. The summed E-state index contributed by atoms with van der Waals surface area (Å²) < 4.78 is 38.7. The molecule has 1 heterocycles. The van der Waals surface area contributed by atoms with Crippen molar-refractivity contribution < 1.29 is 13.2 Å². The standard InChI is InChI=1S/C14H16F3N3/c1-2-7-18-8-11-3-5-13(6-4-11)20-10-12(9-19-20)14(15,16)17/h3-6,9-10,18H,2,7-8H2,1H3. The Labute approximate surface area is 115 Å². The van der Waals surface area contributed by atoms with E-state index in [-0.39, 0.29) is 0 Å². The third kappa shape index (κ3) is 3.60. The van der Waals surface area contributed by atoms with E-state index in [0.717, 1.165) is 37.5 Å². The third-order valence-electron chi connectivity index (χ3n) is 2.87. The van der Waals surface area contributed by atoms with Gasteiger partial charge in [0.25, 0.3) is 0 Å². The fourth-order valence-electron chi connectivity index (χ4n) is 1.79. The van der Waals surface area contributed by atoms with Gasteiger partial charge in [0.05, 0.1) is 17.4 Å². The fraction of sp³-hybridized carbons (Fsp3) is 0.357. The van der Waals surface area contributed by atoms with Crippen molar-refractivity contribution in [3.8, 4) is 5.69 Å². The van der Waals surface area contributed by atoms with Crippen LogP contribution in [0.1, 0.15) is 24.5 Å². The second-order valence-electron chi connectivity index (χ2n) is 4.51. The van der Waals surface area contributed by atoms with Gasteiger partial charge in [0.2, 0.25) is 0 Å². The number of hydrogen-bond acceptors (Lipinski definition) is 2. The molecule has 2 rings (SSSR count). The van der Waals surface area contributed by atoms with Gasteiger partial charge in [-0.2, -0.15) is 18.3 Å². The second-order valence-corrected chi connectivity index (χ2v) is 4.51. The molecular formula is C14H16F3N3. The van der Waals surface area contributed by atoms with Crippen LogP contribution in [0.3, 0.4) is 0 Å². The van der Waals surface area contributed by atoms with Gasteiger partial charge in [-0.15, -0.1) is 0 Å². The summed E-state index contributed by atoms with van der Waals surface area (Å²) in [6.07, 6.45) is -1.48. The quantitative estimate of drug-likeness (QED) is 0.852. The van der Waals surface area contributed by atoms with Crippen LogP contribution in [0.15, 0.2) is 36.7 Å². The van der Waals surface area contributed by atoms with Crippen LogP contribution in [-0.4, -0.2) is 16.3 Å². The molecule has 0 aliphatic carbocycles. The molecule has 0 atom stereocenters. The smallest absolute Gasteiger partial charge is 0.313 e. The van der Waals surface area contributed by atoms with E-state index in [9.17, 15) is 13.2 Å². The number of aromatic nitrogens is 2. The average molecular weight is 283 g/mol. The van der Waals surface area contributed by atoms with E-state index in [1.807, 2.05) is 12.1 Å². The van der Waals surface area contributed by atoms with Crippen molar-refractivity contribution in [3.05, 3.63) is 47.8 Å². The maximum atomic E-state index is 12.5. The maximum absolute atomic E-state index is 12.5. The lowest BCUT2D eigenvalue weighted by Gasteiger charge is -2.05.